The molecule has 0 aliphatic heterocycles. The number of benzene rings is 1. The second-order valence-electron chi connectivity index (χ2n) is 5.64. The first kappa shape index (κ1) is 16.8. The van der Waals surface area contributed by atoms with E-state index in [9.17, 15) is 8.78 Å². The van der Waals surface area contributed by atoms with Gasteiger partial charge >= 0.3 is 0 Å². The summed E-state index contributed by atoms with van der Waals surface area (Å²) in [5.74, 6) is 0.969. The Balaban J connectivity index is 1.80. The van der Waals surface area contributed by atoms with Gasteiger partial charge in [0.25, 0.3) is 6.43 Å². The molecule has 0 radical (unpaired) electrons. The summed E-state index contributed by atoms with van der Waals surface area (Å²) in [6, 6.07) is 7.49. The summed E-state index contributed by atoms with van der Waals surface area (Å²) < 4.78 is 25.4. The fraction of sp³-hybridized carbons (Fsp3) is 0.647. The minimum absolute atomic E-state index is 0.125. The van der Waals surface area contributed by atoms with Crippen molar-refractivity contribution in [3.05, 3.63) is 29.8 Å². The molecule has 1 aromatic carbocycles. The lowest BCUT2D eigenvalue weighted by atomic mass is 9.94. The topological polar surface area (TPSA) is 3.24 Å². The molecule has 1 nitrogen and oxygen atoms in total. The highest BCUT2D eigenvalue weighted by atomic mass is 32.2. The standard InChI is InChI=1S/C17H25F2NS/c1-2-20(15-8-4-3-5-9-15)11-12-21-16-10-6-7-14(13-16)17(18)19/h6-7,10,13,15,17H,2-5,8-9,11-12H2,1H3. The second kappa shape index (κ2) is 8.74. The molecule has 2 rings (SSSR count). The Bertz CT molecular complexity index is 419. The van der Waals surface area contributed by atoms with Crippen LogP contribution in [-0.4, -0.2) is 29.8 Å². The molecule has 4 heteroatoms. The average Bonchev–Trinajstić information content (AvgIpc) is 2.53. The first-order valence-electron chi connectivity index (χ1n) is 7.95. The van der Waals surface area contributed by atoms with E-state index in [1.165, 1.54) is 38.2 Å². The Kier molecular flexibility index (Phi) is 6.97. The van der Waals surface area contributed by atoms with E-state index < -0.39 is 6.43 Å². The summed E-state index contributed by atoms with van der Waals surface area (Å²) >= 11 is 1.68. The van der Waals surface area contributed by atoms with Gasteiger partial charge in [0.1, 0.15) is 0 Å². The van der Waals surface area contributed by atoms with Crippen LogP contribution in [0.3, 0.4) is 0 Å². The lowest BCUT2D eigenvalue weighted by Gasteiger charge is -2.33. The van der Waals surface area contributed by atoms with Gasteiger partial charge in [-0.1, -0.05) is 38.3 Å². The van der Waals surface area contributed by atoms with E-state index in [1.54, 1.807) is 23.9 Å². The van der Waals surface area contributed by atoms with Gasteiger partial charge in [-0.2, -0.15) is 0 Å². The van der Waals surface area contributed by atoms with Crippen LogP contribution in [0.5, 0.6) is 0 Å². The maximum atomic E-state index is 12.7. The molecule has 1 saturated carbocycles. The Labute approximate surface area is 131 Å². The molecule has 0 atom stereocenters. The van der Waals surface area contributed by atoms with Crippen molar-refractivity contribution in [3.63, 3.8) is 0 Å². The number of alkyl halides is 2. The largest absolute Gasteiger partial charge is 0.300 e. The lowest BCUT2D eigenvalue weighted by Crippen LogP contribution is -2.38. The van der Waals surface area contributed by atoms with Crippen LogP contribution in [0.25, 0.3) is 0 Å². The SMILES string of the molecule is CCN(CCSc1cccc(C(F)F)c1)C1CCCCC1. The number of thioether (sulfide) groups is 1. The van der Waals surface area contributed by atoms with Gasteiger partial charge in [0.05, 0.1) is 0 Å². The van der Waals surface area contributed by atoms with Crippen molar-refractivity contribution in [2.24, 2.45) is 0 Å². The molecular formula is C17H25F2NS. The first-order valence-corrected chi connectivity index (χ1v) is 8.94. The van der Waals surface area contributed by atoms with Gasteiger partial charge in [-0.25, -0.2) is 8.78 Å². The van der Waals surface area contributed by atoms with Crippen LogP contribution in [0.2, 0.25) is 0 Å². The van der Waals surface area contributed by atoms with Crippen LogP contribution in [0, 0.1) is 0 Å². The molecule has 0 spiro atoms. The molecule has 0 unspecified atom stereocenters. The summed E-state index contributed by atoms with van der Waals surface area (Å²) in [7, 11) is 0. The Morgan fingerprint density at radius 1 is 1.24 bits per heavy atom. The zero-order valence-corrected chi connectivity index (χ0v) is 13.5. The number of hydrogen-bond donors (Lipinski definition) is 0. The van der Waals surface area contributed by atoms with E-state index >= 15 is 0 Å². The molecule has 0 aromatic heterocycles. The lowest BCUT2D eigenvalue weighted by molar-refractivity contribution is 0.151. The monoisotopic (exact) mass is 313 g/mol. The van der Waals surface area contributed by atoms with Crippen molar-refractivity contribution in [1.82, 2.24) is 4.90 Å². The molecule has 0 bridgehead atoms. The third-order valence-corrected chi connectivity index (χ3v) is 5.23. The highest BCUT2D eigenvalue weighted by Gasteiger charge is 2.19. The van der Waals surface area contributed by atoms with E-state index in [0.29, 0.717) is 0 Å². The average molecular weight is 313 g/mol. The van der Waals surface area contributed by atoms with Crippen LogP contribution < -0.4 is 0 Å². The smallest absolute Gasteiger partial charge is 0.263 e. The van der Waals surface area contributed by atoms with Gasteiger partial charge in [-0.3, -0.25) is 4.90 Å². The molecule has 118 valence electrons. The summed E-state index contributed by atoms with van der Waals surface area (Å²) in [4.78, 5) is 3.51. The number of rotatable bonds is 7. The minimum Gasteiger partial charge on any atom is -0.300 e. The van der Waals surface area contributed by atoms with Crippen molar-refractivity contribution in [2.75, 3.05) is 18.8 Å². The Morgan fingerprint density at radius 2 is 2.00 bits per heavy atom. The third kappa shape index (κ3) is 5.26. The zero-order valence-electron chi connectivity index (χ0n) is 12.7. The van der Waals surface area contributed by atoms with Crippen LogP contribution in [0.15, 0.2) is 29.2 Å². The van der Waals surface area contributed by atoms with E-state index in [0.717, 1.165) is 29.8 Å². The van der Waals surface area contributed by atoms with Gasteiger partial charge < -0.3 is 0 Å². The molecule has 21 heavy (non-hydrogen) atoms. The summed E-state index contributed by atoms with van der Waals surface area (Å²) in [6.07, 6.45) is 4.34. The number of halogens is 2. The highest BCUT2D eigenvalue weighted by Crippen LogP contribution is 2.26. The third-order valence-electron chi connectivity index (χ3n) is 4.25. The van der Waals surface area contributed by atoms with Crippen LogP contribution in [0.4, 0.5) is 8.78 Å². The summed E-state index contributed by atoms with van der Waals surface area (Å²) in [6.45, 7) is 4.35. The molecule has 1 aliphatic rings. The van der Waals surface area contributed by atoms with Gasteiger partial charge in [0, 0.05) is 28.8 Å². The van der Waals surface area contributed by atoms with Crippen molar-refractivity contribution in [1.29, 1.82) is 0 Å². The molecule has 0 heterocycles. The zero-order chi connectivity index (χ0) is 15.1. The van der Waals surface area contributed by atoms with E-state index in [2.05, 4.69) is 11.8 Å². The second-order valence-corrected chi connectivity index (χ2v) is 6.81. The highest BCUT2D eigenvalue weighted by molar-refractivity contribution is 7.99. The maximum Gasteiger partial charge on any atom is 0.263 e. The predicted molar refractivity (Wildman–Crippen MR) is 86.2 cm³/mol. The van der Waals surface area contributed by atoms with Gasteiger partial charge in [-0.15, -0.1) is 11.8 Å². The minimum atomic E-state index is -2.38. The normalized spacial score (nSPS) is 16.8. The molecule has 0 amide bonds. The first-order chi connectivity index (χ1) is 10.2. The van der Waals surface area contributed by atoms with E-state index in [-0.39, 0.29) is 5.56 Å². The summed E-state index contributed by atoms with van der Waals surface area (Å²) in [5, 5.41) is 0. The van der Waals surface area contributed by atoms with E-state index in [1.807, 2.05) is 6.07 Å². The quantitative estimate of drug-likeness (QED) is 0.622. The van der Waals surface area contributed by atoms with Crippen molar-refractivity contribution in [3.8, 4) is 0 Å². The maximum absolute atomic E-state index is 12.7. The van der Waals surface area contributed by atoms with Crippen molar-refractivity contribution in [2.45, 2.75) is 56.4 Å². The van der Waals surface area contributed by atoms with Gasteiger partial charge in [0.2, 0.25) is 0 Å². The van der Waals surface area contributed by atoms with Crippen LogP contribution >= 0.6 is 11.8 Å². The van der Waals surface area contributed by atoms with Crippen molar-refractivity contribution >= 4 is 11.8 Å². The molecule has 1 aromatic rings. The Morgan fingerprint density at radius 3 is 2.67 bits per heavy atom. The Hall–Kier alpha value is -0.610. The van der Waals surface area contributed by atoms with Crippen LogP contribution in [-0.2, 0) is 0 Å². The predicted octanol–water partition coefficient (Wildman–Crippen LogP) is 5.37. The van der Waals surface area contributed by atoms with E-state index in [4.69, 9.17) is 0 Å². The molecule has 0 N–H and O–H groups in total. The molecule has 1 fully saturated rings. The fourth-order valence-corrected chi connectivity index (χ4v) is 4.02. The molecular weight excluding hydrogens is 288 g/mol. The van der Waals surface area contributed by atoms with Crippen molar-refractivity contribution < 1.29 is 8.78 Å². The van der Waals surface area contributed by atoms with Crippen LogP contribution in [0.1, 0.15) is 51.0 Å². The molecule has 0 saturated heterocycles. The van der Waals surface area contributed by atoms with Gasteiger partial charge in [-0.05, 0) is 31.5 Å². The fourth-order valence-electron chi connectivity index (χ4n) is 3.07. The van der Waals surface area contributed by atoms with Gasteiger partial charge in [0.15, 0.2) is 0 Å². The number of hydrogen-bond acceptors (Lipinski definition) is 2. The summed E-state index contributed by atoms with van der Waals surface area (Å²) in [5.41, 5.74) is 0.125. The molecule has 1 aliphatic carbocycles. The number of nitrogens with zero attached hydrogens (tertiary/aromatic N) is 1.